The molecule has 2 heteroatoms. The number of aliphatic hydroxyl groups excluding tert-OH is 1. The second-order valence-electron chi connectivity index (χ2n) is 2.61. The van der Waals surface area contributed by atoms with Gasteiger partial charge in [-0.3, -0.25) is 0 Å². The van der Waals surface area contributed by atoms with E-state index in [-0.39, 0.29) is 6.61 Å². The van der Waals surface area contributed by atoms with Crippen molar-refractivity contribution < 1.29 is 9.84 Å². The average Bonchev–Trinajstić information content (AvgIpc) is 2.03. The maximum absolute atomic E-state index is 8.44. The smallest absolute Gasteiger partial charge is 0.0836 e. The predicted molar refractivity (Wildman–Crippen MR) is 46.1 cm³/mol. The van der Waals surface area contributed by atoms with Gasteiger partial charge in [-0.25, -0.2) is 0 Å². The molecule has 0 bridgehead atoms. The van der Waals surface area contributed by atoms with Crippen LogP contribution in [-0.4, -0.2) is 18.3 Å². The van der Waals surface area contributed by atoms with Gasteiger partial charge in [-0.05, 0) is 19.3 Å². The van der Waals surface area contributed by atoms with Gasteiger partial charge in [0.2, 0.25) is 0 Å². The lowest BCUT2D eigenvalue weighted by Gasteiger charge is -2.00. The second-order valence-corrected chi connectivity index (χ2v) is 2.61. The standard InChI is InChI=1S/C9H19O2/c1-2-3-5-8-11-9-6-4-7-10/h8,10H,2-7,9H2,1H3. The van der Waals surface area contributed by atoms with E-state index in [0.717, 1.165) is 25.9 Å². The lowest BCUT2D eigenvalue weighted by Crippen LogP contribution is -1.93. The molecule has 0 aromatic heterocycles. The molecule has 0 saturated carbocycles. The van der Waals surface area contributed by atoms with Crippen LogP contribution in [0, 0.1) is 6.61 Å². The van der Waals surface area contributed by atoms with Gasteiger partial charge < -0.3 is 9.84 Å². The highest BCUT2D eigenvalue weighted by molar-refractivity contribution is 4.50. The van der Waals surface area contributed by atoms with Crippen molar-refractivity contribution in [3.05, 3.63) is 6.61 Å². The maximum atomic E-state index is 8.44. The largest absolute Gasteiger partial charge is 0.396 e. The van der Waals surface area contributed by atoms with Gasteiger partial charge in [-0.2, -0.15) is 0 Å². The number of ether oxygens (including phenoxy) is 1. The van der Waals surface area contributed by atoms with Gasteiger partial charge in [0.15, 0.2) is 0 Å². The first-order valence-corrected chi connectivity index (χ1v) is 4.46. The molecule has 0 saturated heterocycles. The number of aliphatic hydroxyl groups is 1. The monoisotopic (exact) mass is 159 g/mol. The Morgan fingerprint density at radius 2 is 2.09 bits per heavy atom. The van der Waals surface area contributed by atoms with Crippen molar-refractivity contribution in [1.82, 2.24) is 0 Å². The quantitative estimate of drug-likeness (QED) is 0.550. The van der Waals surface area contributed by atoms with E-state index in [1.54, 1.807) is 0 Å². The predicted octanol–water partition coefficient (Wildman–Crippen LogP) is 2.13. The van der Waals surface area contributed by atoms with Crippen molar-refractivity contribution in [2.45, 2.75) is 39.0 Å². The highest BCUT2D eigenvalue weighted by Gasteiger charge is 1.89. The second kappa shape index (κ2) is 9.92. The molecule has 67 valence electrons. The van der Waals surface area contributed by atoms with Gasteiger partial charge in [0.1, 0.15) is 0 Å². The lowest BCUT2D eigenvalue weighted by atomic mass is 10.3. The summed E-state index contributed by atoms with van der Waals surface area (Å²) in [5, 5.41) is 8.44. The van der Waals surface area contributed by atoms with E-state index in [1.807, 2.05) is 6.61 Å². The van der Waals surface area contributed by atoms with Crippen molar-refractivity contribution in [1.29, 1.82) is 0 Å². The van der Waals surface area contributed by atoms with Crippen molar-refractivity contribution in [2.24, 2.45) is 0 Å². The van der Waals surface area contributed by atoms with Gasteiger partial charge in [0.05, 0.1) is 6.61 Å². The van der Waals surface area contributed by atoms with Crippen molar-refractivity contribution in [3.63, 3.8) is 0 Å². The fourth-order valence-electron chi connectivity index (χ4n) is 0.751. The molecule has 0 atom stereocenters. The minimum Gasteiger partial charge on any atom is -0.396 e. The Morgan fingerprint density at radius 3 is 2.73 bits per heavy atom. The molecule has 0 rings (SSSR count). The summed E-state index contributed by atoms with van der Waals surface area (Å²) in [5.74, 6) is 0. The maximum Gasteiger partial charge on any atom is 0.0836 e. The third-order valence-electron chi connectivity index (χ3n) is 1.46. The van der Waals surface area contributed by atoms with Gasteiger partial charge in [0.25, 0.3) is 0 Å². The van der Waals surface area contributed by atoms with Crippen LogP contribution in [0.1, 0.15) is 39.0 Å². The number of hydrogen-bond acceptors (Lipinski definition) is 2. The fourth-order valence-corrected chi connectivity index (χ4v) is 0.751. The molecule has 0 fully saturated rings. The first-order valence-electron chi connectivity index (χ1n) is 4.46. The summed E-state index contributed by atoms with van der Waals surface area (Å²) < 4.78 is 5.20. The Morgan fingerprint density at radius 1 is 1.27 bits per heavy atom. The zero-order valence-electron chi connectivity index (χ0n) is 7.38. The summed E-state index contributed by atoms with van der Waals surface area (Å²) in [4.78, 5) is 0. The summed E-state index contributed by atoms with van der Waals surface area (Å²) in [5.41, 5.74) is 0. The number of unbranched alkanes of at least 4 members (excludes halogenated alkanes) is 3. The molecular weight excluding hydrogens is 140 g/mol. The van der Waals surface area contributed by atoms with E-state index >= 15 is 0 Å². The van der Waals surface area contributed by atoms with E-state index < -0.39 is 0 Å². The summed E-state index contributed by atoms with van der Waals surface area (Å²) in [6.07, 6.45) is 5.28. The molecule has 0 aliphatic rings. The minimum atomic E-state index is 0.276. The van der Waals surface area contributed by atoms with Gasteiger partial charge in [0, 0.05) is 13.2 Å². The van der Waals surface area contributed by atoms with Crippen LogP contribution in [0.4, 0.5) is 0 Å². The molecule has 0 aromatic carbocycles. The minimum absolute atomic E-state index is 0.276. The van der Waals surface area contributed by atoms with Crippen LogP contribution in [0.25, 0.3) is 0 Å². The highest BCUT2D eigenvalue weighted by Crippen LogP contribution is 1.99. The Balaban J connectivity index is 2.69. The van der Waals surface area contributed by atoms with Gasteiger partial charge in [-0.15, -0.1) is 0 Å². The highest BCUT2D eigenvalue weighted by atomic mass is 16.5. The molecule has 0 amide bonds. The van der Waals surface area contributed by atoms with Crippen molar-refractivity contribution >= 4 is 0 Å². The number of hydrogen-bond donors (Lipinski definition) is 1. The summed E-state index contributed by atoms with van der Waals surface area (Å²) in [6, 6.07) is 0. The first-order chi connectivity index (χ1) is 5.41. The first kappa shape index (κ1) is 10.9. The van der Waals surface area contributed by atoms with E-state index in [9.17, 15) is 0 Å². The third-order valence-corrected chi connectivity index (χ3v) is 1.46. The van der Waals surface area contributed by atoms with E-state index in [0.29, 0.717) is 0 Å². The number of rotatable bonds is 8. The molecule has 2 nitrogen and oxygen atoms in total. The molecule has 11 heavy (non-hydrogen) atoms. The van der Waals surface area contributed by atoms with Crippen LogP contribution in [0.3, 0.4) is 0 Å². The Hall–Kier alpha value is -0.0800. The van der Waals surface area contributed by atoms with E-state index in [2.05, 4.69) is 6.92 Å². The molecule has 0 unspecified atom stereocenters. The van der Waals surface area contributed by atoms with E-state index in [1.165, 1.54) is 12.8 Å². The topological polar surface area (TPSA) is 29.5 Å². The SMILES string of the molecule is CCCC[CH]OCCCCO. The molecule has 0 aliphatic heterocycles. The molecule has 0 aromatic rings. The van der Waals surface area contributed by atoms with Crippen LogP contribution in [0.5, 0.6) is 0 Å². The fraction of sp³-hybridized carbons (Fsp3) is 0.889. The Bertz CT molecular complexity index is 56.6. The molecule has 1 radical (unpaired) electrons. The van der Waals surface area contributed by atoms with Gasteiger partial charge >= 0.3 is 0 Å². The van der Waals surface area contributed by atoms with Crippen LogP contribution in [-0.2, 0) is 4.74 Å². The van der Waals surface area contributed by atoms with Crippen LogP contribution >= 0.6 is 0 Å². The summed E-state index contributed by atoms with van der Waals surface area (Å²) in [6.45, 7) is 5.07. The van der Waals surface area contributed by atoms with Crippen LogP contribution < -0.4 is 0 Å². The third kappa shape index (κ3) is 9.92. The van der Waals surface area contributed by atoms with E-state index in [4.69, 9.17) is 9.84 Å². The molecule has 0 heterocycles. The van der Waals surface area contributed by atoms with Gasteiger partial charge in [-0.1, -0.05) is 19.8 Å². The zero-order chi connectivity index (χ0) is 8.36. The summed E-state index contributed by atoms with van der Waals surface area (Å²) in [7, 11) is 0. The molecule has 1 N–H and O–H groups in total. The molecular formula is C9H19O2. The van der Waals surface area contributed by atoms with Crippen LogP contribution in [0.2, 0.25) is 0 Å². The van der Waals surface area contributed by atoms with Crippen molar-refractivity contribution in [3.8, 4) is 0 Å². The Labute approximate surface area is 69.6 Å². The normalized spacial score (nSPS) is 10.4. The lowest BCUT2D eigenvalue weighted by molar-refractivity contribution is 0.174. The summed E-state index contributed by atoms with van der Waals surface area (Å²) >= 11 is 0. The van der Waals surface area contributed by atoms with Crippen LogP contribution in [0.15, 0.2) is 0 Å². The molecule has 0 spiro atoms. The zero-order valence-corrected chi connectivity index (χ0v) is 7.38. The van der Waals surface area contributed by atoms with Crippen molar-refractivity contribution in [2.75, 3.05) is 13.2 Å². The Kier molecular flexibility index (Phi) is 9.85. The molecule has 0 aliphatic carbocycles. The average molecular weight is 159 g/mol.